The molecule has 0 saturated carbocycles. The largest absolute Gasteiger partial charge is 0.488 e. The Morgan fingerprint density at radius 2 is 2.00 bits per heavy atom. The molecule has 6 heteroatoms. The molecule has 1 heterocycles. The van der Waals surface area contributed by atoms with E-state index in [0.717, 1.165) is 30.3 Å². The molecule has 25 heavy (non-hydrogen) atoms. The van der Waals surface area contributed by atoms with Crippen LogP contribution < -0.4 is 15.0 Å². The summed E-state index contributed by atoms with van der Waals surface area (Å²) < 4.78 is 5.63. The fourth-order valence-corrected chi connectivity index (χ4v) is 3.44. The van der Waals surface area contributed by atoms with Crippen molar-refractivity contribution in [2.24, 2.45) is 0 Å². The van der Waals surface area contributed by atoms with Gasteiger partial charge in [-0.3, -0.25) is 0 Å². The predicted molar refractivity (Wildman–Crippen MR) is 103 cm³/mol. The molecule has 0 aliphatic carbocycles. The second-order valence-corrected chi connectivity index (χ2v) is 7.03. The first kappa shape index (κ1) is 18.3. The highest BCUT2D eigenvalue weighted by atomic mass is 35.5. The van der Waals surface area contributed by atoms with Gasteiger partial charge in [0.15, 0.2) is 0 Å². The van der Waals surface area contributed by atoms with Crippen LogP contribution in [-0.4, -0.2) is 37.5 Å². The summed E-state index contributed by atoms with van der Waals surface area (Å²) in [6.07, 6.45) is -0.261. The minimum atomic E-state index is -0.261. The highest BCUT2D eigenvalue weighted by molar-refractivity contribution is 6.33. The van der Waals surface area contributed by atoms with E-state index in [0.29, 0.717) is 10.8 Å². The van der Waals surface area contributed by atoms with E-state index in [4.69, 9.17) is 33.0 Å². The molecule has 2 atom stereocenters. The minimum absolute atomic E-state index is 0.0319. The Labute approximate surface area is 158 Å². The number of aliphatic hydroxyl groups is 1. The average molecular weight is 381 g/mol. The van der Waals surface area contributed by atoms with Gasteiger partial charge in [-0.2, -0.15) is 0 Å². The van der Waals surface area contributed by atoms with Gasteiger partial charge in [-0.15, -0.1) is 0 Å². The number of halogens is 2. The fraction of sp³-hybridized carbons (Fsp3) is 0.368. The third kappa shape index (κ3) is 4.39. The third-order valence-electron chi connectivity index (χ3n) is 4.32. The van der Waals surface area contributed by atoms with Crippen LogP contribution in [-0.2, 0) is 0 Å². The lowest BCUT2D eigenvalue weighted by molar-refractivity contribution is 0.130. The van der Waals surface area contributed by atoms with E-state index in [9.17, 15) is 0 Å². The van der Waals surface area contributed by atoms with Crippen LogP contribution in [0.1, 0.15) is 18.5 Å². The number of ether oxygens (including phenoxy) is 1. The van der Waals surface area contributed by atoms with Gasteiger partial charge in [0.1, 0.15) is 11.9 Å². The summed E-state index contributed by atoms with van der Waals surface area (Å²) in [7, 11) is 0. The number of hydrogen-bond donors (Lipinski definition) is 2. The van der Waals surface area contributed by atoms with Crippen LogP contribution >= 0.6 is 23.2 Å². The maximum absolute atomic E-state index is 9.12. The maximum atomic E-state index is 9.12. The molecular formula is C19H22Cl2N2O2. The standard InChI is InChI=1S/C19H22Cl2N2O2/c1-13(12-24)25-16-6-7-18(17(21)10-16)23-9-8-22-11-19(23)14-2-4-15(20)5-3-14/h2-7,10,13,19,22,24H,8-9,11-12H2,1H3/t13?,19-/m0/s1. The first-order valence-corrected chi connectivity index (χ1v) is 9.14. The van der Waals surface area contributed by atoms with Gasteiger partial charge in [0, 0.05) is 30.7 Å². The van der Waals surface area contributed by atoms with E-state index in [1.165, 1.54) is 5.56 Å². The summed E-state index contributed by atoms with van der Waals surface area (Å²) >= 11 is 12.6. The van der Waals surface area contributed by atoms with Crippen molar-refractivity contribution < 1.29 is 9.84 Å². The summed E-state index contributed by atoms with van der Waals surface area (Å²) in [5, 5.41) is 13.9. The monoisotopic (exact) mass is 380 g/mol. The minimum Gasteiger partial charge on any atom is -0.488 e. The van der Waals surface area contributed by atoms with Gasteiger partial charge in [-0.1, -0.05) is 35.3 Å². The third-order valence-corrected chi connectivity index (χ3v) is 4.88. The molecule has 0 radical (unpaired) electrons. The SMILES string of the molecule is CC(CO)Oc1ccc(N2CCNC[C@H]2c2ccc(Cl)cc2)c(Cl)c1. The molecule has 1 saturated heterocycles. The predicted octanol–water partition coefficient (Wildman–Crippen LogP) is 3.90. The Balaban J connectivity index is 1.86. The van der Waals surface area contributed by atoms with Gasteiger partial charge in [-0.25, -0.2) is 0 Å². The quantitative estimate of drug-likeness (QED) is 0.825. The van der Waals surface area contributed by atoms with Crippen LogP contribution in [0.2, 0.25) is 10.0 Å². The van der Waals surface area contributed by atoms with Gasteiger partial charge in [0.2, 0.25) is 0 Å². The first-order valence-electron chi connectivity index (χ1n) is 8.38. The number of piperazine rings is 1. The zero-order valence-electron chi connectivity index (χ0n) is 14.1. The number of anilines is 1. The summed E-state index contributed by atoms with van der Waals surface area (Å²) in [6.45, 7) is 4.39. The van der Waals surface area contributed by atoms with Crippen molar-refractivity contribution in [1.82, 2.24) is 5.32 Å². The molecule has 1 unspecified atom stereocenters. The van der Waals surface area contributed by atoms with E-state index < -0.39 is 0 Å². The van der Waals surface area contributed by atoms with Crippen molar-refractivity contribution >= 4 is 28.9 Å². The molecule has 0 bridgehead atoms. The Morgan fingerprint density at radius 1 is 1.24 bits per heavy atom. The van der Waals surface area contributed by atoms with Gasteiger partial charge >= 0.3 is 0 Å². The Kier molecular flexibility index (Phi) is 6.07. The average Bonchev–Trinajstić information content (AvgIpc) is 2.62. The molecule has 134 valence electrons. The van der Waals surface area contributed by atoms with Crippen LogP contribution in [0.15, 0.2) is 42.5 Å². The molecule has 3 rings (SSSR count). The number of rotatable bonds is 5. The van der Waals surface area contributed by atoms with Crippen molar-refractivity contribution in [1.29, 1.82) is 0 Å². The van der Waals surface area contributed by atoms with Crippen molar-refractivity contribution in [3.05, 3.63) is 58.1 Å². The number of nitrogens with zero attached hydrogens (tertiary/aromatic N) is 1. The van der Waals surface area contributed by atoms with Crippen LogP contribution in [0.3, 0.4) is 0 Å². The molecule has 0 aromatic heterocycles. The number of hydrogen-bond acceptors (Lipinski definition) is 4. The van der Waals surface area contributed by atoms with Crippen LogP contribution in [0.4, 0.5) is 5.69 Å². The molecule has 2 aromatic carbocycles. The van der Waals surface area contributed by atoms with E-state index in [-0.39, 0.29) is 18.8 Å². The zero-order valence-corrected chi connectivity index (χ0v) is 15.6. The van der Waals surface area contributed by atoms with Gasteiger partial charge in [0.25, 0.3) is 0 Å². The summed E-state index contributed by atoms with van der Waals surface area (Å²) in [5.74, 6) is 0.661. The van der Waals surface area contributed by atoms with Gasteiger partial charge < -0.3 is 20.1 Å². The highest BCUT2D eigenvalue weighted by Crippen LogP contribution is 2.36. The van der Waals surface area contributed by atoms with Crippen LogP contribution in [0, 0.1) is 0 Å². The molecule has 4 nitrogen and oxygen atoms in total. The van der Waals surface area contributed by atoms with Crippen LogP contribution in [0.5, 0.6) is 5.75 Å². The Bertz CT molecular complexity index is 709. The van der Waals surface area contributed by atoms with Crippen molar-refractivity contribution in [3.63, 3.8) is 0 Å². The molecule has 2 aromatic rings. The lowest BCUT2D eigenvalue weighted by Crippen LogP contribution is -2.46. The topological polar surface area (TPSA) is 44.7 Å². The van der Waals surface area contributed by atoms with Crippen molar-refractivity contribution in [2.75, 3.05) is 31.1 Å². The fourth-order valence-electron chi connectivity index (χ4n) is 3.04. The van der Waals surface area contributed by atoms with Crippen LogP contribution in [0.25, 0.3) is 0 Å². The lowest BCUT2D eigenvalue weighted by atomic mass is 10.0. The number of aliphatic hydroxyl groups excluding tert-OH is 1. The second-order valence-electron chi connectivity index (χ2n) is 6.19. The number of nitrogens with one attached hydrogen (secondary N) is 1. The summed E-state index contributed by atoms with van der Waals surface area (Å²) in [4.78, 5) is 2.31. The van der Waals surface area contributed by atoms with Crippen molar-refractivity contribution in [2.45, 2.75) is 19.1 Å². The lowest BCUT2D eigenvalue weighted by Gasteiger charge is -2.39. The molecule has 1 fully saturated rings. The summed E-state index contributed by atoms with van der Waals surface area (Å²) in [5.41, 5.74) is 2.18. The van der Waals surface area contributed by atoms with Gasteiger partial charge in [-0.05, 0) is 36.8 Å². The van der Waals surface area contributed by atoms with E-state index in [1.807, 2.05) is 37.3 Å². The normalized spacial score (nSPS) is 18.9. The zero-order chi connectivity index (χ0) is 17.8. The maximum Gasteiger partial charge on any atom is 0.121 e. The smallest absolute Gasteiger partial charge is 0.121 e. The second kappa shape index (κ2) is 8.28. The van der Waals surface area contributed by atoms with Gasteiger partial charge in [0.05, 0.1) is 23.4 Å². The molecule has 1 aliphatic heterocycles. The molecular weight excluding hydrogens is 359 g/mol. The Hall–Kier alpha value is -1.46. The first-order chi connectivity index (χ1) is 12.1. The van der Waals surface area contributed by atoms with Crippen molar-refractivity contribution in [3.8, 4) is 5.75 Å². The molecule has 2 N–H and O–H groups in total. The number of benzene rings is 2. The Morgan fingerprint density at radius 3 is 2.68 bits per heavy atom. The van der Waals surface area contributed by atoms with E-state index in [2.05, 4.69) is 22.3 Å². The highest BCUT2D eigenvalue weighted by Gasteiger charge is 2.25. The molecule has 0 spiro atoms. The molecule has 1 aliphatic rings. The molecule has 0 amide bonds. The van der Waals surface area contributed by atoms with E-state index in [1.54, 1.807) is 0 Å². The summed E-state index contributed by atoms with van der Waals surface area (Å²) in [6, 6.07) is 13.8. The van der Waals surface area contributed by atoms with E-state index >= 15 is 0 Å².